The number of thioether (sulfide) groups is 1. The fraction of sp³-hybridized carbons (Fsp3) is 0.333. The fourth-order valence-corrected chi connectivity index (χ4v) is 5.34. The second-order valence-corrected chi connectivity index (χ2v) is 10.7. The normalized spacial score (nSPS) is 16.9. The molecule has 2 aliphatic heterocycles. The molecule has 194 valence electrons. The zero-order valence-electron chi connectivity index (χ0n) is 21.2. The van der Waals surface area contributed by atoms with Crippen molar-refractivity contribution in [2.24, 2.45) is 10.1 Å². The van der Waals surface area contributed by atoms with Gasteiger partial charge in [0.15, 0.2) is 17.3 Å². The third kappa shape index (κ3) is 6.18. The molecule has 4 rings (SSSR count). The molecule has 2 aromatic rings. The lowest BCUT2D eigenvalue weighted by Gasteiger charge is -2.20. The summed E-state index contributed by atoms with van der Waals surface area (Å²) in [6, 6.07) is 11.8. The Hall–Kier alpha value is -2.86. The van der Waals surface area contributed by atoms with E-state index in [2.05, 4.69) is 58.7 Å². The molecule has 2 heterocycles. The first-order valence-corrected chi connectivity index (χ1v) is 14.0. The highest BCUT2D eigenvalue weighted by atomic mass is 127. The van der Waals surface area contributed by atoms with Gasteiger partial charge in [0.2, 0.25) is 5.17 Å². The van der Waals surface area contributed by atoms with Crippen LogP contribution < -0.4 is 14.2 Å². The van der Waals surface area contributed by atoms with Gasteiger partial charge in [-0.25, -0.2) is 0 Å². The second kappa shape index (κ2) is 12.1. The molecule has 0 spiro atoms. The zero-order valence-corrected chi connectivity index (χ0v) is 24.2. The number of hydrazone groups is 1. The molecule has 1 N–H and O–H groups in total. The van der Waals surface area contributed by atoms with Crippen LogP contribution in [-0.4, -0.2) is 47.3 Å². The molecule has 2 aromatic carbocycles. The van der Waals surface area contributed by atoms with E-state index in [0.29, 0.717) is 47.8 Å². The van der Waals surface area contributed by atoms with Crippen molar-refractivity contribution in [2.75, 3.05) is 20.3 Å². The molecule has 0 radical (unpaired) electrons. The van der Waals surface area contributed by atoms with Gasteiger partial charge in [-0.15, -0.1) is 0 Å². The highest BCUT2D eigenvalue weighted by molar-refractivity contribution is 14.1. The van der Waals surface area contributed by atoms with Crippen molar-refractivity contribution < 1.29 is 19.0 Å². The van der Waals surface area contributed by atoms with E-state index < -0.39 is 5.91 Å². The quantitative estimate of drug-likeness (QED) is 0.188. The second-order valence-electron chi connectivity index (χ2n) is 8.48. The molecule has 0 saturated carbocycles. The van der Waals surface area contributed by atoms with E-state index in [9.17, 15) is 4.79 Å². The molecule has 10 heteroatoms. The third-order valence-corrected chi connectivity index (χ3v) is 7.88. The van der Waals surface area contributed by atoms with Gasteiger partial charge < -0.3 is 14.2 Å². The predicted octanol–water partition coefficient (Wildman–Crippen LogP) is 6.30. The first-order chi connectivity index (χ1) is 17.8. The number of amidine groups is 2. The molecule has 8 nitrogen and oxygen atoms in total. The number of halogens is 1. The summed E-state index contributed by atoms with van der Waals surface area (Å²) < 4.78 is 18.2. The van der Waals surface area contributed by atoms with E-state index in [1.54, 1.807) is 19.3 Å². The lowest BCUT2D eigenvalue weighted by Crippen LogP contribution is -2.35. The third-order valence-electron chi connectivity index (χ3n) is 6.02. The minimum absolute atomic E-state index is 0.00887. The fourth-order valence-electron chi connectivity index (χ4n) is 3.74. The van der Waals surface area contributed by atoms with Gasteiger partial charge in [0, 0.05) is 0 Å². The summed E-state index contributed by atoms with van der Waals surface area (Å²) in [7, 11) is 1.57. The van der Waals surface area contributed by atoms with Gasteiger partial charge in [0.25, 0.3) is 5.91 Å². The number of rotatable bonds is 10. The van der Waals surface area contributed by atoms with Gasteiger partial charge in [0.05, 0.1) is 16.3 Å². The van der Waals surface area contributed by atoms with Crippen LogP contribution in [0.4, 0.5) is 0 Å². The Labute approximate surface area is 234 Å². The minimum atomic E-state index is -0.458. The van der Waals surface area contributed by atoms with E-state index in [4.69, 9.17) is 19.6 Å². The number of nitrogens with one attached hydrogen (secondary N) is 1. The molecular weight excluding hydrogens is 603 g/mol. The van der Waals surface area contributed by atoms with Crippen LogP contribution in [0.25, 0.3) is 6.08 Å². The Kier molecular flexibility index (Phi) is 8.91. The predicted molar refractivity (Wildman–Crippen MR) is 157 cm³/mol. The molecule has 0 bridgehead atoms. The Morgan fingerprint density at radius 1 is 1.16 bits per heavy atom. The molecule has 0 aliphatic carbocycles. The van der Waals surface area contributed by atoms with Crippen LogP contribution in [0.15, 0.2) is 52.1 Å². The van der Waals surface area contributed by atoms with Crippen molar-refractivity contribution >= 4 is 62.4 Å². The summed E-state index contributed by atoms with van der Waals surface area (Å²) in [6.07, 6.45) is 3.45. The number of methoxy groups -OCH3 is 1. The average molecular weight is 633 g/mol. The summed E-state index contributed by atoms with van der Waals surface area (Å²) in [5, 5.41) is 15.5. The summed E-state index contributed by atoms with van der Waals surface area (Å²) >= 11 is 3.49. The number of ether oxygens (including phenoxy) is 3. The van der Waals surface area contributed by atoms with Crippen LogP contribution >= 0.6 is 34.4 Å². The number of benzene rings is 2. The van der Waals surface area contributed by atoms with Crippen molar-refractivity contribution in [3.8, 4) is 17.2 Å². The number of carbonyl (C=O) groups excluding carboxylic acids is 1. The number of aliphatic imine (C=N–C) groups is 1. The van der Waals surface area contributed by atoms with Crippen LogP contribution in [0.1, 0.15) is 50.7 Å². The SMILES string of the molecule is CCC1=NN2C(=N)/C(=C\c3cc(I)c(OCCOc4ccc([C@H](C)CC)cc4)c(OC)c3)C(=O)N=C2S1. The zero-order chi connectivity index (χ0) is 26.5. The molecule has 0 fully saturated rings. The number of fused-ring (bicyclic) bond motifs is 1. The largest absolute Gasteiger partial charge is 0.493 e. The van der Waals surface area contributed by atoms with Gasteiger partial charge >= 0.3 is 0 Å². The van der Waals surface area contributed by atoms with Crippen molar-refractivity contribution in [3.63, 3.8) is 0 Å². The number of hydrogen-bond acceptors (Lipinski definition) is 7. The summed E-state index contributed by atoms with van der Waals surface area (Å²) in [4.78, 5) is 16.8. The van der Waals surface area contributed by atoms with Gasteiger partial charge in [0.1, 0.15) is 24.0 Å². The Bertz CT molecular complexity index is 1290. The first kappa shape index (κ1) is 27.2. The molecular formula is C27H29IN4O4S. The number of hydrogen-bond donors (Lipinski definition) is 1. The molecule has 1 atom stereocenters. The molecule has 0 unspecified atom stereocenters. The van der Waals surface area contributed by atoms with Gasteiger partial charge in [-0.05, 0) is 94.6 Å². The summed E-state index contributed by atoms with van der Waals surface area (Å²) in [5.41, 5.74) is 2.17. The van der Waals surface area contributed by atoms with Crippen LogP contribution in [0.2, 0.25) is 0 Å². The van der Waals surface area contributed by atoms with E-state index in [0.717, 1.165) is 20.8 Å². The van der Waals surface area contributed by atoms with Crippen molar-refractivity contribution in [2.45, 2.75) is 39.5 Å². The van der Waals surface area contributed by atoms with E-state index in [1.807, 2.05) is 25.1 Å². The molecule has 37 heavy (non-hydrogen) atoms. The van der Waals surface area contributed by atoms with Crippen LogP contribution in [-0.2, 0) is 4.79 Å². The lowest BCUT2D eigenvalue weighted by molar-refractivity contribution is -0.114. The summed E-state index contributed by atoms with van der Waals surface area (Å²) in [6.45, 7) is 7.09. The number of carbonyl (C=O) groups is 1. The van der Waals surface area contributed by atoms with Crippen molar-refractivity contribution in [1.29, 1.82) is 5.41 Å². The smallest absolute Gasteiger partial charge is 0.283 e. The van der Waals surface area contributed by atoms with E-state index in [1.165, 1.54) is 22.3 Å². The first-order valence-electron chi connectivity index (χ1n) is 12.1. The molecule has 0 aromatic heterocycles. The molecule has 0 saturated heterocycles. The number of amides is 1. The van der Waals surface area contributed by atoms with E-state index >= 15 is 0 Å². The Morgan fingerprint density at radius 2 is 1.89 bits per heavy atom. The van der Waals surface area contributed by atoms with E-state index in [-0.39, 0.29) is 11.4 Å². The lowest BCUT2D eigenvalue weighted by atomic mass is 9.99. The summed E-state index contributed by atoms with van der Waals surface area (Å²) in [5.74, 6) is 2.00. The van der Waals surface area contributed by atoms with Crippen LogP contribution in [0, 0.1) is 8.98 Å². The highest BCUT2D eigenvalue weighted by Gasteiger charge is 2.35. The Morgan fingerprint density at radius 3 is 2.57 bits per heavy atom. The highest BCUT2D eigenvalue weighted by Crippen LogP contribution is 2.36. The van der Waals surface area contributed by atoms with Crippen molar-refractivity contribution in [1.82, 2.24) is 5.01 Å². The molecule has 2 aliphatic rings. The van der Waals surface area contributed by atoms with Gasteiger partial charge in [-0.1, -0.05) is 32.9 Å². The maximum Gasteiger partial charge on any atom is 0.283 e. The monoisotopic (exact) mass is 632 g/mol. The van der Waals surface area contributed by atoms with Crippen LogP contribution in [0.5, 0.6) is 17.2 Å². The maximum absolute atomic E-state index is 12.7. The molecule has 1 amide bonds. The topological polar surface area (TPSA) is 96.6 Å². The van der Waals surface area contributed by atoms with Crippen LogP contribution in [0.3, 0.4) is 0 Å². The average Bonchev–Trinajstić information content (AvgIpc) is 3.32. The van der Waals surface area contributed by atoms with Crippen molar-refractivity contribution in [3.05, 3.63) is 56.7 Å². The number of nitrogens with zero attached hydrogens (tertiary/aromatic N) is 3. The minimum Gasteiger partial charge on any atom is -0.493 e. The van der Waals surface area contributed by atoms with Gasteiger partial charge in [-0.3, -0.25) is 10.2 Å². The Balaban J connectivity index is 1.43. The van der Waals surface area contributed by atoms with Gasteiger partial charge in [-0.2, -0.15) is 15.1 Å². The maximum atomic E-state index is 12.7. The standard InChI is InChI=1S/C27H29IN4O4S/c1-5-16(3)18-7-9-19(10-8-18)35-11-12-36-24-21(28)14-17(15-22(24)34-4)13-20-25(29)32-27(30-26(20)33)37-23(6-2)31-32/h7-10,13-16,29H,5-6,11-12H2,1-4H3/b20-13+,29-25?/t16-/m1/s1.